The molecule has 2 atom stereocenters. The number of benzene rings is 3. The minimum absolute atomic E-state index is 0.00620. The van der Waals surface area contributed by atoms with Crippen molar-refractivity contribution in [2.45, 2.75) is 36.6 Å². The fourth-order valence-corrected chi connectivity index (χ4v) is 7.04. The van der Waals surface area contributed by atoms with Crippen LogP contribution in [-0.4, -0.2) is 38.2 Å². The van der Waals surface area contributed by atoms with Crippen LogP contribution >= 0.6 is 11.6 Å². The third-order valence-corrected chi connectivity index (χ3v) is 8.96. The fourth-order valence-electron chi connectivity index (χ4n) is 5.28. The molecule has 3 aromatic rings. The van der Waals surface area contributed by atoms with Gasteiger partial charge in [0.1, 0.15) is 0 Å². The van der Waals surface area contributed by atoms with Crippen molar-refractivity contribution in [3.8, 4) is 0 Å². The molecule has 0 aromatic heterocycles. The minimum atomic E-state index is -4.00. The second-order valence-electron chi connectivity index (χ2n) is 9.86. The fraction of sp³-hybridized carbons (Fsp3) is 0.286. The third kappa shape index (κ3) is 4.42. The van der Waals surface area contributed by atoms with E-state index in [-0.39, 0.29) is 33.5 Å². The number of carbonyl (C=O) groups is 2. The molecule has 5 rings (SSSR count). The summed E-state index contributed by atoms with van der Waals surface area (Å²) < 4.78 is 27.4. The van der Waals surface area contributed by atoms with Gasteiger partial charge in [-0.05, 0) is 66.3 Å². The number of likely N-dealkylation sites (tertiary alicyclic amines) is 1. The zero-order chi connectivity index (χ0) is 25.6. The first-order valence-corrected chi connectivity index (χ1v) is 13.8. The van der Waals surface area contributed by atoms with Crippen molar-refractivity contribution < 1.29 is 18.0 Å². The Hall–Kier alpha value is -3.16. The zero-order valence-corrected chi connectivity index (χ0v) is 21.7. The van der Waals surface area contributed by atoms with Crippen LogP contribution < -0.4 is 4.90 Å². The summed E-state index contributed by atoms with van der Waals surface area (Å²) in [5.74, 6) is 0.176. The molecule has 3 aromatic carbocycles. The number of sulfone groups is 1. The van der Waals surface area contributed by atoms with Crippen LogP contribution in [0.25, 0.3) is 0 Å². The average molecular weight is 523 g/mol. The van der Waals surface area contributed by atoms with Crippen LogP contribution in [0.5, 0.6) is 0 Å². The van der Waals surface area contributed by atoms with E-state index in [0.29, 0.717) is 35.5 Å². The topological polar surface area (TPSA) is 74.8 Å². The number of halogens is 1. The maximum absolute atomic E-state index is 13.8. The Morgan fingerprint density at radius 3 is 2.31 bits per heavy atom. The van der Waals surface area contributed by atoms with Crippen LogP contribution in [0.1, 0.15) is 46.5 Å². The molecule has 1 saturated heterocycles. The number of hydrogen-bond acceptors (Lipinski definition) is 4. The molecule has 2 heterocycles. The number of amides is 2. The molecule has 8 heteroatoms. The van der Waals surface area contributed by atoms with E-state index in [2.05, 4.69) is 13.8 Å². The van der Waals surface area contributed by atoms with Gasteiger partial charge in [0.15, 0.2) is 0 Å². The molecule has 6 nitrogen and oxygen atoms in total. The number of carbonyl (C=O) groups excluding carboxylic acids is 2. The van der Waals surface area contributed by atoms with E-state index in [4.69, 9.17) is 11.6 Å². The third-order valence-electron chi connectivity index (χ3n) is 6.85. The lowest BCUT2D eigenvalue weighted by Crippen LogP contribution is -2.42. The quantitative estimate of drug-likeness (QED) is 0.458. The second-order valence-corrected chi connectivity index (χ2v) is 12.2. The maximum Gasteiger partial charge on any atom is 0.259 e. The molecule has 186 valence electrons. The Bertz CT molecular complexity index is 1440. The van der Waals surface area contributed by atoms with Gasteiger partial charge in [0.2, 0.25) is 9.84 Å². The van der Waals surface area contributed by atoms with E-state index in [9.17, 15) is 18.0 Å². The summed E-state index contributed by atoms with van der Waals surface area (Å²) in [4.78, 5) is 30.5. The molecule has 0 unspecified atom stereocenters. The summed E-state index contributed by atoms with van der Waals surface area (Å²) in [7, 11) is -4.00. The molecule has 2 amide bonds. The first-order valence-electron chi connectivity index (χ1n) is 12.0. The first-order chi connectivity index (χ1) is 17.1. The van der Waals surface area contributed by atoms with Gasteiger partial charge in [0.05, 0.1) is 27.6 Å². The van der Waals surface area contributed by atoms with Crippen molar-refractivity contribution in [2.24, 2.45) is 11.8 Å². The Morgan fingerprint density at radius 1 is 0.944 bits per heavy atom. The predicted octanol–water partition coefficient (Wildman–Crippen LogP) is 5.45. The van der Waals surface area contributed by atoms with Gasteiger partial charge >= 0.3 is 0 Å². The van der Waals surface area contributed by atoms with E-state index in [0.717, 1.165) is 12.0 Å². The highest BCUT2D eigenvalue weighted by Gasteiger charge is 2.36. The molecule has 0 aliphatic carbocycles. The highest BCUT2D eigenvalue weighted by molar-refractivity contribution is 7.91. The first kappa shape index (κ1) is 24.5. The number of piperidine rings is 1. The summed E-state index contributed by atoms with van der Waals surface area (Å²) in [6.45, 7) is 5.68. The van der Waals surface area contributed by atoms with E-state index in [1.807, 2.05) is 4.90 Å². The molecular weight excluding hydrogens is 496 g/mol. The lowest BCUT2D eigenvalue weighted by Gasteiger charge is -2.35. The lowest BCUT2D eigenvalue weighted by atomic mass is 9.91. The van der Waals surface area contributed by atoms with Crippen LogP contribution in [0.3, 0.4) is 0 Å². The highest BCUT2D eigenvalue weighted by Crippen LogP contribution is 2.38. The monoisotopic (exact) mass is 522 g/mol. The van der Waals surface area contributed by atoms with Gasteiger partial charge in [-0.2, -0.15) is 0 Å². The molecule has 2 aliphatic heterocycles. The van der Waals surface area contributed by atoms with Gasteiger partial charge in [-0.3, -0.25) is 9.59 Å². The second kappa shape index (κ2) is 9.37. The Balaban J connectivity index is 1.64. The van der Waals surface area contributed by atoms with Crippen molar-refractivity contribution in [2.75, 3.05) is 18.0 Å². The van der Waals surface area contributed by atoms with Crippen molar-refractivity contribution >= 4 is 38.9 Å². The summed E-state index contributed by atoms with van der Waals surface area (Å²) in [5.41, 5.74) is 1.46. The van der Waals surface area contributed by atoms with E-state index in [1.165, 1.54) is 23.1 Å². The summed E-state index contributed by atoms with van der Waals surface area (Å²) in [6.07, 6.45) is 1.06. The number of anilines is 1. The Kier molecular flexibility index (Phi) is 6.39. The van der Waals surface area contributed by atoms with Crippen molar-refractivity contribution in [3.63, 3.8) is 0 Å². The predicted molar refractivity (Wildman–Crippen MR) is 139 cm³/mol. The van der Waals surface area contributed by atoms with Crippen LogP contribution in [0, 0.1) is 11.8 Å². The summed E-state index contributed by atoms with van der Waals surface area (Å²) >= 11 is 6.04. The zero-order valence-electron chi connectivity index (χ0n) is 20.1. The molecule has 0 N–H and O–H groups in total. The van der Waals surface area contributed by atoms with Crippen LogP contribution in [0.15, 0.2) is 76.5 Å². The van der Waals surface area contributed by atoms with Gasteiger partial charge in [-0.1, -0.05) is 49.7 Å². The molecule has 0 bridgehead atoms. The largest absolute Gasteiger partial charge is 0.338 e. The lowest BCUT2D eigenvalue weighted by molar-refractivity contribution is 0.0623. The smallest absolute Gasteiger partial charge is 0.259 e. The summed E-state index contributed by atoms with van der Waals surface area (Å²) in [6, 6.07) is 17.8. The van der Waals surface area contributed by atoms with Crippen LogP contribution in [0.2, 0.25) is 5.02 Å². The molecule has 1 fully saturated rings. The molecule has 2 aliphatic rings. The molecule has 0 spiro atoms. The molecular formula is C28H27ClN2O4S. The van der Waals surface area contributed by atoms with E-state index < -0.39 is 15.7 Å². The summed E-state index contributed by atoms with van der Waals surface area (Å²) in [5, 5.41) is 0.562. The van der Waals surface area contributed by atoms with E-state index >= 15 is 0 Å². The number of fused-ring (bicyclic) bond motifs is 2. The minimum Gasteiger partial charge on any atom is -0.338 e. The van der Waals surface area contributed by atoms with E-state index in [1.54, 1.807) is 48.5 Å². The van der Waals surface area contributed by atoms with Gasteiger partial charge in [0.25, 0.3) is 11.8 Å². The van der Waals surface area contributed by atoms with Crippen molar-refractivity contribution in [1.82, 2.24) is 4.90 Å². The average Bonchev–Trinajstić information content (AvgIpc) is 2.92. The van der Waals surface area contributed by atoms with Crippen LogP contribution in [-0.2, 0) is 16.4 Å². The standard InChI is InChI=1S/C28H27ClN2O4S/c1-18-13-19(2)16-30(15-18)27(32)21-9-12-26-24(14-21)31(17-20-7-10-22(29)11-8-20)28(33)23-5-3-4-6-25(23)36(26,34)35/h3-12,14,18-19H,13,15-17H2,1-2H3/t18-,19-/m0/s1. The molecule has 0 radical (unpaired) electrons. The van der Waals surface area contributed by atoms with Gasteiger partial charge in [-0.15, -0.1) is 0 Å². The van der Waals surface area contributed by atoms with Gasteiger partial charge < -0.3 is 9.80 Å². The van der Waals surface area contributed by atoms with Gasteiger partial charge in [-0.25, -0.2) is 8.42 Å². The Morgan fingerprint density at radius 2 is 1.61 bits per heavy atom. The number of hydrogen-bond donors (Lipinski definition) is 0. The normalized spacial score (nSPS) is 20.9. The number of rotatable bonds is 3. The SMILES string of the molecule is C[C@H]1C[C@H](C)CN(C(=O)c2ccc3c(c2)N(Cc2ccc(Cl)cc2)C(=O)c2ccccc2S3(=O)=O)C1. The van der Waals surface area contributed by atoms with Gasteiger partial charge in [0, 0.05) is 23.7 Å². The molecule has 0 saturated carbocycles. The van der Waals surface area contributed by atoms with Crippen molar-refractivity contribution in [3.05, 3.63) is 88.4 Å². The molecule has 36 heavy (non-hydrogen) atoms. The van der Waals surface area contributed by atoms with Crippen LogP contribution in [0.4, 0.5) is 5.69 Å². The van der Waals surface area contributed by atoms with Crippen molar-refractivity contribution in [1.29, 1.82) is 0 Å². The Labute approximate surface area is 216 Å². The number of nitrogens with zero attached hydrogens (tertiary/aromatic N) is 2. The highest BCUT2D eigenvalue weighted by atomic mass is 35.5. The maximum atomic E-state index is 13.8.